The van der Waals surface area contributed by atoms with Crippen molar-refractivity contribution in [2.75, 3.05) is 12.5 Å². The molecule has 1 aromatic carbocycles. The van der Waals surface area contributed by atoms with Crippen LogP contribution in [-0.2, 0) is 5.41 Å². The summed E-state index contributed by atoms with van der Waals surface area (Å²) in [5, 5.41) is 4.16. The standard InChI is InChI=1S/C15H18N2O3/c1-4-15(2,3)13-12(14(16)20-17-13)9-5-6-10-11(7-9)19-8-18-10/h5-7H,4,8,16H2,1-3H3. The number of hydrogen-bond donors (Lipinski definition) is 1. The van der Waals surface area contributed by atoms with Crippen molar-refractivity contribution in [3.8, 4) is 22.6 Å². The topological polar surface area (TPSA) is 70.5 Å². The minimum absolute atomic E-state index is 0.104. The SMILES string of the molecule is CCC(C)(C)c1noc(N)c1-c1ccc2c(c1)OCO2. The molecular weight excluding hydrogens is 256 g/mol. The van der Waals surface area contributed by atoms with E-state index in [1.165, 1.54) is 0 Å². The van der Waals surface area contributed by atoms with Crippen molar-refractivity contribution in [3.63, 3.8) is 0 Å². The van der Waals surface area contributed by atoms with Gasteiger partial charge < -0.3 is 19.7 Å². The zero-order valence-electron chi connectivity index (χ0n) is 11.9. The van der Waals surface area contributed by atoms with Crippen LogP contribution < -0.4 is 15.2 Å². The van der Waals surface area contributed by atoms with E-state index in [2.05, 4.69) is 25.9 Å². The number of hydrogen-bond acceptors (Lipinski definition) is 5. The number of nitrogens with zero attached hydrogens (tertiary/aromatic N) is 1. The maximum atomic E-state index is 5.97. The molecule has 1 aromatic heterocycles. The van der Waals surface area contributed by atoms with Gasteiger partial charge in [-0.3, -0.25) is 0 Å². The average molecular weight is 274 g/mol. The number of aromatic nitrogens is 1. The molecule has 0 unspecified atom stereocenters. The van der Waals surface area contributed by atoms with Crippen molar-refractivity contribution in [1.82, 2.24) is 5.16 Å². The largest absolute Gasteiger partial charge is 0.454 e. The van der Waals surface area contributed by atoms with E-state index in [0.29, 0.717) is 5.88 Å². The predicted molar refractivity (Wildman–Crippen MR) is 75.8 cm³/mol. The molecule has 106 valence electrons. The maximum Gasteiger partial charge on any atom is 0.231 e. The average Bonchev–Trinajstić information content (AvgIpc) is 3.04. The van der Waals surface area contributed by atoms with E-state index in [-0.39, 0.29) is 12.2 Å². The monoisotopic (exact) mass is 274 g/mol. The third kappa shape index (κ3) is 1.90. The Kier molecular flexibility index (Phi) is 2.85. The first-order valence-corrected chi connectivity index (χ1v) is 6.68. The lowest BCUT2D eigenvalue weighted by atomic mass is 9.83. The lowest BCUT2D eigenvalue weighted by Gasteiger charge is -2.21. The molecule has 2 aromatic rings. The number of anilines is 1. The van der Waals surface area contributed by atoms with Gasteiger partial charge in [0, 0.05) is 5.41 Å². The number of benzene rings is 1. The zero-order valence-corrected chi connectivity index (χ0v) is 11.9. The van der Waals surface area contributed by atoms with Crippen molar-refractivity contribution in [3.05, 3.63) is 23.9 Å². The molecule has 0 spiro atoms. The Labute approximate surface area is 117 Å². The molecule has 0 atom stereocenters. The molecule has 3 rings (SSSR count). The molecule has 0 bridgehead atoms. The molecule has 5 heteroatoms. The molecule has 0 fully saturated rings. The maximum absolute atomic E-state index is 5.97. The van der Waals surface area contributed by atoms with E-state index < -0.39 is 0 Å². The van der Waals surface area contributed by atoms with Crippen LogP contribution in [0.3, 0.4) is 0 Å². The smallest absolute Gasteiger partial charge is 0.231 e. The van der Waals surface area contributed by atoms with Gasteiger partial charge in [0.25, 0.3) is 0 Å². The third-order valence-corrected chi connectivity index (χ3v) is 3.90. The first-order valence-electron chi connectivity index (χ1n) is 6.68. The molecule has 0 amide bonds. The molecule has 1 aliphatic rings. The van der Waals surface area contributed by atoms with Crippen LogP contribution in [0.4, 0.5) is 5.88 Å². The van der Waals surface area contributed by atoms with E-state index in [9.17, 15) is 0 Å². The van der Waals surface area contributed by atoms with Crippen molar-refractivity contribution >= 4 is 5.88 Å². The van der Waals surface area contributed by atoms with Crippen LogP contribution in [0.2, 0.25) is 0 Å². The second-order valence-electron chi connectivity index (χ2n) is 5.58. The molecule has 2 heterocycles. The van der Waals surface area contributed by atoms with Crippen molar-refractivity contribution < 1.29 is 14.0 Å². The lowest BCUT2D eigenvalue weighted by Crippen LogP contribution is -2.17. The Bertz CT molecular complexity index is 647. The van der Waals surface area contributed by atoms with Crippen molar-refractivity contribution in [2.24, 2.45) is 0 Å². The quantitative estimate of drug-likeness (QED) is 0.929. The Morgan fingerprint density at radius 2 is 2.00 bits per heavy atom. The summed E-state index contributed by atoms with van der Waals surface area (Å²) in [6.07, 6.45) is 0.941. The summed E-state index contributed by atoms with van der Waals surface area (Å²) in [6.45, 7) is 6.63. The van der Waals surface area contributed by atoms with E-state index in [4.69, 9.17) is 19.7 Å². The number of nitrogens with two attached hydrogens (primary N) is 1. The minimum Gasteiger partial charge on any atom is -0.454 e. The van der Waals surface area contributed by atoms with Crippen LogP contribution >= 0.6 is 0 Å². The van der Waals surface area contributed by atoms with Crippen LogP contribution in [0.5, 0.6) is 11.5 Å². The zero-order chi connectivity index (χ0) is 14.3. The number of ether oxygens (including phenoxy) is 2. The predicted octanol–water partition coefficient (Wildman–Crippen LogP) is 3.34. The van der Waals surface area contributed by atoms with Gasteiger partial charge in [-0.25, -0.2) is 0 Å². The second kappa shape index (κ2) is 4.44. The van der Waals surface area contributed by atoms with Crippen molar-refractivity contribution in [2.45, 2.75) is 32.6 Å². The van der Waals surface area contributed by atoms with Crippen molar-refractivity contribution in [1.29, 1.82) is 0 Å². The minimum atomic E-state index is -0.104. The van der Waals surface area contributed by atoms with Crippen LogP contribution in [0.15, 0.2) is 22.7 Å². The summed E-state index contributed by atoms with van der Waals surface area (Å²) < 4.78 is 16.0. The lowest BCUT2D eigenvalue weighted by molar-refractivity contribution is 0.174. The summed E-state index contributed by atoms with van der Waals surface area (Å²) in [4.78, 5) is 0. The summed E-state index contributed by atoms with van der Waals surface area (Å²) in [5.41, 5.74) is 8.51. The molecule has 0 saturated heterocycles. The summed E-state index contributed by atoms with van der Waals surface area (Å²) in [7, 11) is 0. The van der Waals surface area contributed by atoms with Gasteiger partial charge in [-0.15, -0.1) is 0 Å². The molecule has 0 saturated carbocycles. The van der Waals surface area contributed by atoms with Gasteiger partial charge in [0.1, 0.15) is 0 Å². The highest BCUT2D eigenvalue weighted by molar-refractivity contribution is 5.78. The van der Waals surface area contributed by atoms with Gasteiger partial charge in [-0.1, -0.05) is 32.0 Å². The molecule has 20 heavy (non-hydrogen) atoms. The number of nitrogen functional groups attached to an aromatic ring is 1. The first-order chi connectivity index (χ1) is 9.53. The Morgan fingerprint density at radius 3 is 2.75 bits per heavy atom. The molecule has 2 N–H and O–H groups in total. The molecule has 0 radical (unpaired) electrons. The second-order valence-corrected chi connectivity index (χ2v) is 5.58. The van der Waals surface area contributed by atoms with Gasteiger partial charge >= 0.3 is 0 Å². The molecule has 1 aliphatic heterocycles. The van der Waals surface area contributed by atoms with Gasteiger partial charge in [-0.05, 0) is 24.1 Å². The highest BCUT2D eigenvalue weighted by atomic mass is 16.7. The Morgan fingerprint density at radius 1 is 1.25 bits per heavy atom. The Hall–Kier alpha value is -2.17. The molecule has 0 aliphatic carbocycles. The summed E-state index contributed by atoms with van der Waals surface area (Å²) in [5.74, 6) is 1.81. The van der Waals surface area contributed by atoms with Crippen LogP contribution in [0, 0.1) is 0 Å². The van der Waals surface area contributed by atoms with E-state index >= 15 is 0 Å². The van der Waals surface area contributed by atoms with Crippen LogP contribution in [0.1, 0.15) is 32.9 Å². The fourth-order valence-electron chi connectivity index (χ4n) is 2.26. The van der Waals surface area contributed by atoms with E-state index in [0.717, 1.165) is 34.7 Å². The first kappa shape index (κ1) is 12.8. The normalized spacial score (nSPS) is 13.8. The molecular formula is C15H18N2O3. The molecule has 5 nitrogen and oxygen atoms in total. The van der Waals surface area contributed by atoms with Gasteiger partial charge in [0.05, 0.1) is 11.3 Å². The van der Waals surface area contributed by atoms with Gasteiger partial charge in [-0.2, -0.15) is 0 Å². The van der Waals surface area contributed by atoms with E-state index in [1.54, 1.807) is 0 Å². The Balaban J connectivity index is 2.13. The van der Waals surface area contributed by atoms with Gasteiger partial charge in [0.2, 0.25) is 12.7 Å². The fourth-order valence-corrected chi connectivity index (χ4v) is 2.26. The summed E-state index contributed by atoms with van der Waals surface area (Å²) in [6, 6.07) is 5.75. The van der Waals surface area contributed by atoms with Crippen LogP contribution in [-0.4, -0.2) is 11.9 Å². The fraction of sp³-hybridized carbons (Fsp3) is 0.400. The highest BCUT2D eigenvalue weighted by Crippen LogP contribution is 2.42. The van der Waals surface area contributed by atoms with Crippen LogP contribution in [0.25, 0.3) is 11.1 Å². The van der Waals surface area contributed by atoms with E-state index in [1.807, 2.05) is 18.2 Å². The highest BCUT2D eigenvalue weighted by Gasteiger charge is 2.29. The third-order valence-electron chi connectivity index (χ3n) is 3.90. The number of rotatable bonds is 3. The number of fused-ring (bicyclic) bond motifs is 1. The summed E-state index contributed by atoms with van der Waals surface area (Å²) >= 11 is 0. The van der Waals surface area contributed by atoms with Gasteiger partial charge in [0.15, 0.2) is 11.5 Å².